The Hall–Kier alpha value is -2.09. The molecule has 0 aliphatic heterocycles. The highest BCUT2D eigenvalue weighted by Gasteiger charge is 2.22. The number of ketones is 1. The summed E-state index contributed by atoms with van der Waals surface area (Å²) in [4.78, 5) is 12.1. The zero-order valence-electron chi connectivity index (χ0n) is 16.8. The minimum absolute atomic E-state index is 0.121. The second-order valence-corrected chi connectivity index (χ2v) is 8.12. The molecule has 0 heterocycles. The summed E-state index contributed by atoms with van der Waals surface area (Å²) in [6.07, 6.45) is 3.36. The van der Waals surface area contributed by atoms with E-state index < -0.39 is 0 Å². The molecule has 2 nitrogen and oxygen atoms in total. The van der Waals surface area contributed by atoms with E-state index in [2.05, 4.69) is 56.3 Å². The van der Waals surface area contributed by atoms with Gasteiger partial charge in [0, 0.05) is 5.41 Å². The molecule has 2 aromatic carbocycles. The van der Waals surface area contributed by atoms with Crippen molar-refractivity contribution in [2.24, 2.45) is 5.41 Å². The van der Waals surface area contributed by atoms with Gasteiger partial charge in [0.25, 0.3) is 0 Å². The van der Waals surface area contributed by atoms with Crippen LogP contribution >= 0.6 is 0 Å². The average molecular weight is 353 g/mol. The van der Waals surface area contributed by atoms with Crippen LogP contribution in [0.3, 0.4) is 0 Å². The highest BCUT2D eigenvalue weighted by molar-refractivity contribution is 5.85. The van der Waals surface area contributed by atoms with E-state index in [1.54, 1.807) is 0 Å². The molecular weight excluding hydrogens is 320 g/mol. The maximum atomic E-state index is 12.1. The topological polar surface area (TPSA) is 26.3 Å². The van der Waals surface area contributed by atoms with E-state index in [9.17, 15) is 4.79 Å². The fourth-order valence-electron chi connectivity index (χ4n) is 3.04. The molecule has 2 heteroatoms. The molecule has 0 saturated carbocycles. The Morgan fingerprint density at radius 3 is 2.35 bits per heavy atom. The van der Waals surface area contributed by atoms with Gasteiger partial charge in [-0.3, -0.25) is 4.79 Å². The molecule has 0 fully saturated rings. The molecule has 0 bridgehead atoms. The van der Waals surface area contributed by atoms with E-state index in [1.807, 2.05) is 26.8 Å². The fraction of sp³-hybridized carbons (Fsp3) is 0.458. The van der Waals surface area contributed by atoms with Gasteiger partial charge in [0.1, 0.15) is 12.4 Å². The second kappa shape index (κ2) is 9.02. The minimum Gasteiger partial charge on any atom is -0.486 e. The normalized spacial score (nSPS) is 12.7. The van der Waals surface area contributed by atoms with Crippen LogP contribution in [0.4, 0.5) is 0 Å². The number of rotatable bonds is 8. The quantitative estimate of drug-likeness (QED) is 0.572. The first-order valence-electron chi connectivity index (χ1n) is 9.62. The van der Waals surface area contributed by atoms with Crippen molar-refractivity contribution in [3.05, 3.63) is 65.2 Å². The van der Waals surface area contributed by atoms with Crippen LogP contribution in [0.15, 0.2) is 48.5 Å². The summed E-state index contributed by atoms with van der Waals surface area (Å²) in [5, 5.41) is 0. The lowest BCUT2D eigenvalue weighted by Crippen LogP contribution is -2.26. The van der Waals surface area contributed by atoms with Crippen LogP contribution in [0.1, 0.15) is 63.1 Å². The van der Waals surface area contributed by atoms with Crippen LogP contribution in [0, 0.1) is 12.3 Å². The van der Waals surface area contributed by atoms with E-state index >= 15 is 0 Å². The van der Waals surface area contributed by atoms with Crippen LogP contribution in [-0.2, 0) is 11.2 Å². The number of Topliss-reactive ketones (excluding diaryl/α,β-unsaturated/α-hetero) is 1. The number of hydrogen-bond acceptors (Lipinski definition) is 2. The van der Waals surface area contributed by atoms with Crippen LogP contribution in [0.5, 0.6) is 5.75 Å². The number of benzene rings is 2. The van der Waals surface area contributed by atoms with Crippen molar-refractivity contribution in [2.45, 2.75) is 59.8 Å². The molecule has 0 aliphatic carbocycles. The monoisotopic (exact) mass is 352 g/mol. The molecule has 0 spiro atoms. The molecule has 1 atom stereocenters. The van der Waals surface area contributed by atoms with Crippen molar-refractivity contribution >= 4 is 5.78 Å². The number of carbonyl (C=O) groups excluding carboxylic acids is 1. The van der Waals surface area contributed by atoms with E-state index in [0.29, 0.717) is 5.92 Å². The maximum absolute atomic E-state index is 12.1. The highest BCUT2D eigenvalue weighted by atomic mass is 16.5. The van der Waals surface area contributed by atoms with E-state index in [4.69, 9.17) is 4.74 Å². The lowest BCUT2D eigenvalue weighted by Gasteiger charge is -2.19. The van der Waals surface area contributed by atoms with Gasteiger partial charge in [-0.25, -0.2) is 0 Å². The summed E-state index contributed by atoms with van der Waals surface area (Å²) >= 11 is 0. The molecular formula is C24H32O2. The molecule has 0 radical (unpaired) electrons. The van der Waals surface area contributed by atoms with Gasteiger partial charge in [0.15, 0.2) is 5.78 Å². The lowest BCUT2D eigenvalue weighted by molar-refractivity contribution is -0.128. The zero-order valence-corrected chi connectivity index (χ0v) is 16.8. The van der Waals surface area contributed by atoms with E-state index in [1.165, 1.54) is 11.1 Å². The SMILES string of the molecule is CCC(CCc1ccccc1)c1ccc(OCC(=O)C(C)(C)C)c(C)c1. The standard InChI is InChI=1S/C24H32O2/c1-6-20(13-12-19-10-8-7-9-11-19)21-14-15-22(18(2)16-21)26-17-23(25)24(3,4)5/h7-11,14-16,20H,6,12-13,17H2,1-5H3. The molecule has 0 amide bonds. The number of carbonyl (C=O) groups is 1. The predicted octanol–water partition coefficient (Wildman–Crippen LogP) is 6.12. The summed E-state index contributed by atoms with van der Waals surface area (Å²) in [6, 6.07) is 17.1. The fourth-order valence-corrected chi connectivity index (χ4v) is 3.04. The van der Waals surface area contributed by atoms with Crippen LogP contribution in [0.2, 0.25) is 0 Å². The molecule has 0 saturated heterocycles. The number of hydrogen-bond donors (Lipinski definition) is 0. The highest BCUT2D eigenvalue weighted by Crippen LogP contribution is 2.29. The molecule has 0 N–H and O–H groups in total. The van der Waals surface area contributed by atoms with Gasteiger partial charge in [-0.05, 0) is 54.9 Å². The summed E-state index contributed by atoms with van der Waals surface area (Å²) in [5.41, 5.74) is 3.49. The first-order valence-corrected chi connectivity index (χ1v) is 9.62. The zero-order chi connectivity index (χ0) is 19.2. The Labute approximate surface area is 158 Å². The van der Waals surface area contributed by atoms with E-state index in [0.717, 1.165) is 30.6 Å². The van der Waals surface area contributed by atoms with Gasteiger partial charge in [-0.15, -0.1) is 0 Å². The van der Waals surface area contributed by atoms with Gasteiger partial charge in [0.2, 0.25) is 0 Å². The first-order chi connectivity index (χ1) is 12.3. The molecule has 2 aromatic rings. The Kier molecular flexibility index (Phi) is 7.02. The minimum atomic E-state index is -0.363. The van der Waals surface area contributed by atoms with Crippen molar-refractivity contribution in [3.8, 4) is 5.75 Å². The Morgan fingerprint density at radius 1 is 1.08 bits per heavy atom. The predicted molar refractivity (Wildman–Crippen MR) is 109 cm³/mol. The first kappa shape index (κ1) is 20.2. The molecule has 1 unspecified atom stereocenters. The smallest absolute Gasteiger partial charge is 0.175 e. The number of aryl methyl sites for hydroxylation is 2. The largest absolute Gasteiger partial charge is 0.486 e. The molecule has 2 rings (SSSR count). The van der Waals surface area contributed by atoms with Crippen LogP contribution in [0.25, 0.3) is 0 Å². The van der Waals surface area contributed by atoms with Gasteiger partial charge in [-0.1, -0.05) is 70.2 Å². The number of ether oxygens (including phenoxy) is 1. The lowest BCUT2D eigenvalue weighted by atomic mass is 9.89. The van der Waals surface area contributed by atoms with Crippen molar-refractivity contribution in [2.75, 3.05) is 6.61 Å². The third-order valence-electron chi connectivity index (χ3n) is 4.98. The van der Waals surface area contributed by atoms with Crippen molar-refractivity contribution < 1.29 is 9.53 Å². The third-order valence-corrected chi connectivity index (χ3v) is 4.98. The Balaban J connectivity index is 2.01. The Morgan fingerprint density at radius 2 is 1.77 bits per heavy atom. The summed E-state index contributed by atoms with van der Waals surface area (Å²) in [6.45, 7) is 10.2. The summed E-state index contributed by atoms with van der Waals surface area (Å²) < 4.78 is 5.77. The maximum Gasteiger partial charge on any atom is 0.175 e. The van der Waals surface area contributed by atoms with Crippen molar-refractivity contribution in [3.63, 3.8) is 0 Å². The van der Waals surface area contributed by atoms with Gasteiger partial charge < -0.3 is 4.74 Å². The van der Waals surface area contributed by atoms with Gasteiger partial charge in [0.05, 0.1) is 0 Å². The summed E-state index contributed by atoms with van der Waals surface area (Å²) in [5.74, 6) is 1.47. The van der Waals surface area contributed by atoms with E-state index in [-0.39, 0.29) is 17.8 Å². The average Bonchev–Trinajstić information content (AvgIpc) is 2.61. The van der Waals surface area contributed by atoms with Crippen molar-refractivity contribution in [1.29, 1.82) is 0 Å². The molecule has 0 aliphatic rings. The van der Waals surface area contributed by atoms with Crippen LogP contribution < -0.4 is 4.74 Å². The molecule has 140 valence electrons. The third kappa shape index (κ3) is 5.72. The molecule has 0 aromatic heterocycles. The second-order valence-electron chi connectivity index (χ2n) is 8.12. The van der Waals surface area contributed by atoms with Gasteiger partial charge >= 0.3 is 0 Å². The van der Waals surface area contributed by atoms with Crippen LogP contribution in [-0.4, -0.2) is 12.4 Å². The van der Waals surface area contributed by atoms with Crippen molar-refractivity contribution in [1.82, 2.24) is 0 Å². The molecule has 26 heavy (non-hydrogen) atoms. The summed E-state index contributed by atoms with van der Waals surface area (Å²) in [7, 11) is 0. The van der Waals surface area contributed by atoms with Gasteiger partial charge in [-0.2, -0.15) is 0 Å². The Bertz CT molecular complexity index is 711.